The summed E-state index contributed by atoms with van der Waals surface area (Å²) in [5.41, 5.74) is 4.11. The van der Waals surface area contributed by atoms with Gasteiger partial charge in [-0.05, 0) is 24.1 Å². The van der Waals surface area contributed by atoms with Crippen LogP contribution < -0.4 is 0 Å². The molecule has 0 spiro atoms. The topological polar surface area (TPSA) is 56.5 Å². The number of aromatic nitrogens is 5. The molecule has 3 heterocycles. The van der Waals surface area contributed by atoms with Crippen molar-refractivity contribution in [3.05, 3.63) is 48.0 Å². The molecule has 0 saturated heterocycles. The van der Waals surface area contributed by atoms with E-state index in [9.17, 15) is 0 Å². The van der Waals surface area contributed by atoms with Crippen LogP contribution in [0.4, 0.5) is 0 Å². The molecule has 0 aliphatic heterocycles. The summed E-state index contributed by atoms with van der Waals surface area (Å²) in [5.74, 6) is 0. The standard InChI is InChI=1S/C13H13N5/c1-2-11-10(4-3-6-15-11)9-18-13-5-7-14-8-12(13)16-17-18/h3-8H,2,9H2,1H3. The van der Waals surface area contributed by atoms with Gasteiger partial charge in [0.1, 0.15) is 5.52 Å². The first-order valence-corrected chi connectivity index (χ1v) is 5.94. The predicted molar refractivity (Wildman–Crippen MR) is 68.0 cm³/mol. The van der Waals surface area contributed by atoms with Gasteiger partial charge in [0.05, 0.1) is 18.3 Å². The van der Waals surface area contributed by atoms with Gasteiger partial charge in [0.25, 0.3) is 0 Å². The second kappa shape index (κ2) is 4.52. The molecule has 5 nitrogen and oxygen atoms in total. The number of fused-ring (bicyclic) bond motifs is 1. The summed E-state index contributed by atoms with van der Waals surface area (Å²) in [6, 6.07) is 5.97. The fourth-order valence-electron chi connectivity index (χ4n) is 2.04. The molecule has 0 N–H and O–H groups in total. The van der Waals surface area contributed by atoms with Crippen LogP contribution in [0.15, 0.2) is 36.8 Å². The SMILES string of the molecule is CCc1ncccc1Cn1nnc2cnccc21. The Labute approximate surface area is 104 Å². The maximum Gasteiger partial charge on any atom is 0.131 e. The molecule has 0 aliphatic rings. The minimum absolute atomic E-state index is 0.692. The van der Waals surface area contributed by atoms with E-state index in [1.807, 2.05) is 23.0 Å². The Balaban J connectivity index is 2.01. The molecule has 5 heteroatoms. The minimum Gasteiger partial charge on any atom is -0.262 e. The number of nitrogens with zero attached hydrogens (tertiary/aromatic N) is 5. The largest absolute Gasteiger partial charge is 0.262 e. The maximum atomic E-state index is 4.38. The fraction of sp³-hybridized carbons (Fsp3) is 0.231. The van der Waals surface area contributed by atoms with E-state index in [1.165, 1.54) is 5.56 Å². The molecule has 0 radical (unpaired) electrons. The number of pyridine rings is 2. The molecule has 3 aromatic rings. The number of aryl methyl sites for hydroxylation is 1. The van der Waals surface area contributed by atoms with Crippen LogP contribution in [0.5, 0.6) is 0 Å². The summed E-state index contributed by atoms with van der Waals surface area (Å²) < 4.78 is 1.88. The first kappa shape index (κ1) is 10.8. The van der Waals surface area contributed by atoms with E-state index in [4.69, 9.17) is 0 Å². The lowest BCUT2D eigenvalue weighted by molar-refractivity contribution is 0.662. The van der Waals surface area contributed by atoms with Gasteiger partial charge in [0, 0.05) is 18.1 Å². The van der Waals surface area contributed by atoms with E-state index >= 15 is 0 Å². The molecule has 0 unspecified atom stereocenters. The molecule has 0 aliphatic carbocycles. The molecule has 0 amide bonds. The third-order valence-electron chi connectivity index (χ3n) is 2.96. The highest BCUT2D eigenvalue weighted by Crippen LogP contribution is 2.13. The predicted octanol–water partition coefficient (Wildman–Crippen LogP) is 1.83. The zero-order chi connectivity index (χ0) is 12.4. The summed E-state index contributed by atoms with van der Waals surface area (Å²) >= 11 is 0. The Hall–Kier alpha value is -2.30. The van der Waals surface area contributed by atoms with Crippen molar-refractivity contribution in [1.82, 2.24) is 25.0 Å². The van der Waals surface area contributed by atoms with Gasteiger partial charge in [-0.3, -0.25) is 9.97 Å². The number of rotatable bonds is 3. The van der Waals surface area contributed by atoms with Gasteiger partial charge < -0.3 is 0 Å². The number of hydrogen-bond donors (Lipinski definition) is 0. The first-order valence-electron chi connectivity index (χ1n) is 5.94. The lowest BCUT2D eigenvalue weighted by Crippen LogP contribution is -2.05. The highest BCUT2D eigenvalue weighted by Gasteiger charge is 2.07. The second-order valence-corrected chi connectivity index (χ2v) is 4.07. The fourth-order valence-corrected chi connectivity index (χ4v) is 2.04. The molecular weight excluding hydrogens is 226 g/mol. The van der Waals surface area contributed by atoms with Crippen molar-refractivity contribution in [3.63, 3.8) is 0 Å². The van der Waals surface area contributed by atoms with E-state index in [2.05, 4.69) is 33.3 Å². The molecule has 0 fully saturated rings. The zero-order valence-electron chi connectivity index (χ0n) is 10.1. The van der Waals surface area contributed by atoms with Crippen LogP contribution in [-0.2, 0) is 13.0 Å². The van der Waals surface area contributed by atoms with E-state index in [0.29, 0.717) is 6.54 Å². The van der Waals surface area contributed by atoms with Crippen LogP contribution in [0.25, 0.3) is 11.0 Å². The van der Waals surface area contributed by atoms with Gasteiger partial charge in [-0.1, -0.05) is 18.2 Å². The van der Waals surface area contributed by atoms with Crippen molar-refractivity contribution in [2.75, 3.05) is 0 Å². The van der Waals surface area contributed by atoms with Crippen LogP contribution in [0, 0.1) is 0 Å². The molecule has 0 saturated carbocycles. The van der Waals surface area contributed by atoms with E-state index in [1.54, 1.807) is 12.4 Å². The highest BCUT2D eigenvalue weighted by atomic mass is 15.4. The van der Waals surface area contributed by atoms with Gasteiger partial charge in [-0.25, -0.2) is 4.68 Å². The normalized spacial score (nSPS) is 10.9. The summed E-state index contributed by atoms with van der Waals surface area (Å²) in [7, 11) is 0. The summed E-state index contributed by atoms with van der Waals surface area (Å²) in [4.78, 5) is 8.42. The summed E-state index contributed by atoms with van der Waals surface area (Å²) in [6.07, 6.45) is 6.23. The van der Waals surface area contributed by atoms with Crippen molar-refractivity contribution in [2.24, 2.45) is 0 Å². The van der Waals surface area contributed by atoms with Gasteiger partial charge in [-0.15, -0.1) is 5.10 Å². The average molecular weight is 239 g/mol. The van der Waals surface area contributed by atoms with Gasteiger partial charge >= 0.3 is 0 Å². The van der Waals surface area contributed by atoms with Crippen LogP contribution in [0.3, 0.4) is 0 Å². The Kier molecular flexibility index (Phi) is 2.72. The van der Waals surface area contributed by atoms with Crippen LogP contribution in [-0.4, -0.2) is 25.0 Å². The number of hydrogen-bond acceptors (Lipinski definition) is 4. The lowest BCUT2D eigenvalue weighted by atomic mass is 10.1. The minimum atomic E-state index is 0.692. The van der Waals surface area contributed by atoms with Crippen LogP contribution >= 0.6 is 0 Å². The molecule has 18 heavy (non-hydrogen) atoms. The van der Waals surface area contributed by atoms with Crippen molar-refractivity contribution in [2.45, 2.75) is 19.9 Å². The third-order valence-corrected chi connectivity index (χ3v) is 2.96. The molecule has 0 aromatic carbocycles. The molecule has 0 bridgehead atoms. The lowest BCUT2D eigenvalue weighted by Gasteiger charge is -2.06. The second-order valence-electron chi connectivity index (χ2n) is 4.07. The Morgan fingerprint density at radius 1 is 1.22 bits per heavy atom. The van der Waals surface area contributed by atoms with Gasteiger partial charge in [-0.2, -0.15) is 0 Å². The third kappa shape index (κ3) is 1.84. The summed E-state index contributed by atoms with van der Waals surface area (Å²) in [6.45, 7) is 2.80. The maximum absolute atomic E-state index is 4.38. The van der Waals surface area contributed by atoms with Crippen LogP contribution in [0.1, 0.15) is 18.2 Å². The highest BCUT2D eigenvalue weighted by molar-refractivity contribution is 5.72. The van der Waals surface area contributed by atoms with Crippen LogP contribution in [0.2, 0.25) is 0 Å². The van der Waals surface area contributed by atoms with Gasteiger partial charge in [0.15, 0.2) is 0 Å². The van der Waals surface area contributed by atoms with Gasteiger partial charge in [0.2, 0.25) is 0 Å². The van der Waals surface area contributed by atoms with E-state index in [0.717, 1.165) is 23.1 Å². The van der Waals surface area contributed by atoms with E-state index in [-0.39, 0.29) is 0 Å². The quantitative estimate of drug-likeness (QED) is 0.699. The monoisotopic (exact) mass is 239 g/mol. The molecule has 3 aromatic heterocycles. The average Bonchev–Trinajstić information content (AvgIpc) is 2.83. The van der Waals surface area contributed by atoms with Crippen molar-refractivity contribution in [1.29, 1.82) is 0 Å². The first-order chi connectivity index (χ1) is 8.88. The Morgan fingerprint density at radius 3 is 3.06 bits per heavy atom. The van der Waals surface area contributed by atoms with E-state index < -0.39 is 0 Å². The molecular formula is C13H13N5. The van der Waals surface area contributed by atoms with Crippen molar-refractivity contribution < 1.29 is 0 Å². The Morgan fingerprint density at radius 2 is 2.17 bits per heavy atom. The smallest absolute Gasteiger partial charge is 0.131 e. The zero-order valence-corrected chi connectivity index (χ0v) is 10.1. The summed E-state index contributed by atoms with van der Waals surface area (Å²) in [5, 5.41) is 8.27. The van der Waals surface area contributed by atoms with Crippen molar-refractivity contribution in [3.8, 4) is 0 Å². The molecule has 90 valence electrons. The van der Waals surface area contributed by atoms with Crippen molar-refractivity contribution >= 4 is 11.0 Å². The Bertz CT molecular complexity index is 674. The molecule has 3 rings (SSSR count). The molecule has 0 atom stereocenters.